The zero-order valence-corrected chi connectivity index (χ0v) is 7.07. The second-order valence-electron chi connectivity index (χ2n) is 2.23. The Hall–Kier alpha value is -0.840. The molecule has 0 atom stereocenters. The quantitative estimate of drug-likeness (QED) is 0.603. The van der Waals surface area contributed by atoms with Crippen molar-refractivity contribution in [3.05, 3.63) is 10.6 Å². The molecule has 1 aromatic heterocycles. The van der Waals surface area contributed by atoms with Crippen LogP contribution in [0, 0.1) is 11.7 Å². The Bertz CT molecular complexity index is 271. The maximum atomic E-state index is 4.95. The van der Waals surface area contributed by atoms with Crippen LogP contribution >= 0.6 is 12.2 Å². The summed E-state index contributed by atoms with van der Waals surface area (Å²) < 4.78 is 2.44. The molecule has 0 aliphatic rings. The second-order valence-corrected chi connectivity index (χ2v) is 2.62. The molecule has 0 aliphatic carbocycles. The highest BCUT2D eigenvalue weighted by molar-refractivity contribution is 7.71. The zero-order chi connectivity index (χ0) is 7.72. The molecule has 5 heteroatoms. The molecule has 0 spiro atoms. The lowest BCUT2D eigenvalue weighted by Crippen LogP contribution is -2.25. The van der Waals surface area contributed by atoms with Gasteiger partial charge in [-0.3, -0.25) is 5.10 Å². The fourth-order valence-electron chi connectivity index (χ4n) is 0.841. The van der Waals surface area contributed by atoms with Crippen LogP contribution < -0.4 is 5.01 Å². The van der Waals surface area contributed by atoms with E-state index in [-0.39, 0.29) is 0 Å². The third-order valence-corrected chi connectivity index (χ3v) is 1.48. The summed E-state index contributed by atoms with van der Waals surface area (Å²) in [6.07, 6.45) is 0. The standard InChI is InChI=1S/C5H10N4S/c1-4-6-7-5(10)9(4)8(2)3/h1-3H3,(H,7,10). The zero-order valence-electron chi connectivity index (χ0n) is 6.25. The molecule has 0 saturated heterocycles. The Kier molecular flexibility index (Phi) is 1.76. The fraction of sp³-hybridized carbons (Fsp3) is 0.600. The van der Waals surface area contributed by atoms with E-state index in [9.17, 15) is 0 Å². The van der Waals surface area contributed by atoms with Crippen molar-refractivity contribution < 1.29 is 0 Å². The number of aryl methyl sites for hydroxylation is 1. The van der Waals surface area contributed by atoms with E-state index < -0.39 is 0 Å². The molecule has 0 bridgehead atoms. The number of aromatic amines is 1. The minimum absolute atomic E-state index is 0.627. The van der Waals surface area contributed by atoms with E-state index in [0.29, 0.717) is 4.77 Å². The summed E-state index contributed by atoms with van der Waals surface area (Å²) in [6.45, 7) is 1.90. The Labute approximate surface area is 64.4 Å². The molecule has 4 nitrogen and oxygen atoms in total. The summed E-state index contributed by atoms with van der Waals surface area (Å²) in [5, 5.41) is 8.51. The summed E-state index contributed by atoms with van der Waals surface area (Å²) in [5.41, 5.74) is 0. The molecule has 0 saturated carbocycles. The molecule has 0 aromatic carbocycles. The molecule has 1 N–H and O–H groups in total. The van der Waals surface area contributed by atoms with Crippen molar-refractivity contribution in [3.63, 3.8) is 0 Å². The largest absolute Gasteiger partial charge is 0.315 e. The van der Waals surface area contributed by atoms with Crippen LogP contribution in [0.5, 0.6) is 0 Å². The van der Waals surface area contributed by atoms with Gasteiger partial charge in [0.2, 0.25) is 4.77 Å². The summed E-state index contributed by atoms with van der Waals surface area (Å²) >= 11 is 4.95. The number of hydrogen-bond donors (Lipinski definition) is 1. The van der Waals surface area contributed by atoms with Gasteiger partial charge in [0.15, 0.2) is 0 Å². The van der Waals surface area contributed by atoms with Crippen molar-refractivity contribution in [1.29, 1.82) is 0 Å². The number of hydrogen-bond acceptors (Lipinski definition) is 3. The number of H-pyrrole nitrogens is 1. The van der Waals surface area contributed by atoms with Crippen molar-refractivity contribution in [2.24, 2.45) is 0 Å². The molecule has 1 heterocycles. The van der Waals surface area contributed by atoms with Gasteiger partial charge in [0.05, 0.1) is 0 Å². The van der Waals surface area contributed by atoms with Crippen LogP contribution in [-0.4, -0.2) is 29.0 Å². The van der Waals surface area contributed by atoms with E-state index in [0.717, 1.165) is 5.82 Å². The third kappa shape index (κ3) is 1.04. The number of nitrogens with one attached hydrogen (secondary N) is 1. The minimum Gasteiger partial charge on any atom is -0.315 e. The lowest BCUT2D eigenvalue weighted by Gasteiger charge is -2.13. The lowest BCUT2D eigenvalue weighted by molar-refractivity contribution is 0.694. The van der Waals surface area contributed by atoms with E-state index in [4.69, 9.17) is 12.2 Å². The molecule has 0 fully saturated rings. The van der Waals surface area contributed by atoms with Gasteiger partial charge in [-0.25, -0.2) is 4.68 Å². The molecule has 10 heavy (non-hydrogen) atoms. The first-order valence-corrected chi connectivity index (χ1v) is 3.35. The number of nitrogens with zero attached hydrogens (tertiary/aromatic N) is 3. The van der Waals surface area contributed by atoms with Crippen molar-refractivity contribution in [1.82, 2.24) is 14.9 Å². The van der Waals surface area contributed by atoms with Gasteiger partial charge in [-0.2, -0.15) is 5.10 Å². The Morgan fingerprint density at radius 3 is 2.40 bits per heavy atom. The van der Waals surface area contributed by atoms with Crippen LogP contribution in [-0.2, 0) is 0 Å². The van der Waals surface area contributed by atoms with Crippen LogP contribution in [0.25, 0.3) is 0 Å². The van der Waals surface area contributed by atoms with Gasteiger partial charge >= 0.3 is 0 Å². The van der Waals surface area contributed by atoms with Crippen LogP contribution in [0.2, 0.25) is 0 Å². The average molecular weight is 158 g/mol. The van der Waals surface area contributed by atoms with Gasteiger partial charge in [-0.05, 0) is 19.1 Å². The monoisotopic (exact) mass is 158 g/mol. The van der Waals surface area contributed by atoms with Crippen LogP contribution in [0.3, 0.4) is 0 Å². The molecule has 56 valence electrons. The fourth-order valence-corrected chi connectivity index (χ4v) is 1.18. The maximum absolute atomic E-state index is 4.95. The second kappa shape index (κ2) is 2.42. The lowest BCUT2D eigenvalue weighted by atomic mass is 10.7. The Morgan fingerprint density at radius 1 is 1.60 bits per heavy atom. The molecule has 0 radical (unpaired) electrons. The normalized spacial score (nSPS) is 9.90. The third-order valence-electron chi connectivity index (χ3n) is 1.21. The van der Waals surface area contributed by atoms with E-state index in [1.165, 1.54) is 0 Å². The van der Waals surface area contributed by atoms with Crippen molar-refractivity contribution >= 4 is 12.2 Å². The average Bonchev–Trinajstić information content (AvgIpc) is 2.11. The molecule has 1 aromatic rings. The van der Waals surface area contributed by atoms with E-state index in [1.807, 2.05) is 30.7 Å². The number of rotatable bonds is 1. The van der Waals surface area contributed by atoms with E-state index in [1.54, 1.807) is 0 Å². The topological polar surface area (TPSA) is 36.9 Å². The number of aromatic nitrogens is 3. The minimum atomic E-state index is 0.627. The van der Waals surface area contributed by atoms with Gasteiger partial charge in [0.1, 0.15) is 5.82 Å². The first-order chi connectivity index (χ1) is 4.63. The maximum Gasteiger partial charge on any atom is 0.214 e. The van der Waals surface area contributed by atoms with Gasteiger partial charge in [0, 0.05) is 14.1 Å². The molecular formula is C5H10N4S. The molecule has 0 unspecified atom stereocenters. The highest BCUT2D eigenvalue weighted by atomic mass is 32.1. The van der Waals surface area contributed by atoms with E-state index >= 15 is 0 Å². The summed E-state index contributed by atoms with van der Waals surface area (Å²) in [6, 6.07) is 0. The van der Waals surface area contributed by atoms with E-state index in [2.05, 4.69) is 10.2 Å². The first-order valence-electron chi connectivity index (χ1n) is 2.94. The van der Waals surface area contributed by atoms with Crippen LogP contribution in [0.1, 0.15) is 5.82 Å². The Balaban J connectivity index is 3.23. The summed E-state index contributed by atoms with van der Waals surface area (Å²) in [4.78, 5) is 0. The summed E-state index contributed by atoms with van der Waals surface area (Å²) in [7, 11) is 3.83. The Morgan fingerprint density at radius 2 is 2.20 bits per heavy atom. The van der Waals surface area contributed by atoms with Crippen LogP contribution in [0.15, 0.2) is 0 Å². The predicted octanol–water partition coefficient (Wildman–Crippen LogP) is 0.447. The van der Waals surface area contributed by atoms with Crippen molar-refractivity contribution in [3.8, 4) is 0 Å². The first kappa shape index (κ1) is 7.27. The SMILES string of the molecule is Cc1n[nH]c(=S)n1N(C)C. The highest BCUT2D eigenvalue weighted by Crippen LogP contribution is 1.93. The predicted molar refractivity (Wildman–Crippen MR) is 42.2 cm³/mol. The van der Waals surface area contributed by atoms with Crippen molar-refractivity contribution in [2.45, 2.75) is 6.92 Å². The molecule has 0 aliphatic heterocycles. The molecular weight excluding hydrogens is 148 g/mol. The van der Waals surface area contributed by atoms with Gasteiger partial charge in [-0.1, -0.05) is 0 Å². The van der Waals surface area contributed by atoms with Gasteiger partial charge < -0.3 is 5.01 Å². The highest BCUT2D eigenvalue weighted by Gasteiger charge is 1.99. The van der Waals surface area contributed by atoms with Crippen molar-refractivity contribution in [2.75, 3.05) is 19.1 Å². The smallest absolute Gasteiger partial charge is 0.214 e. The summed E-state index contributed by atoms with van der Waals surface area (Å²) in [5.74, 6) is 0.870. The molecule has 1 rings (SSSR count). The van der Waals surface area contributed by atoms with Gasteiger partial charge in [0.25, 0.3) is 0 Å². The van der Waals surface area contributed by atoms with Gasteiger partial charge in [-0.15, -0.1) is 0 Å². The van der Waals surface area contributed by atoms with Crippen LogP contribution in [0.4, 0.5) is 0 Å². The molecule has 0 amide bonds.